The molecular formula is C25H28F3N3O4S. The number of alkyl halides is 3. The maximum absolute atomic E-state index is 13.1. The molecular weight excluding hydrogens is 495 g/mol. The molecule has 1 fully saturated rings. The van der Waals surface area contributed by atoms with Crippen molar-refractivity contribution in [3.8, 4) is 0 Å². The molecule has 0 aromatic heterocycles. The second-order valence-corrected chi connectivity index (χ2v) is 10.4. The maximum atomic E-state index is 13.1. The van der Waals surface area contributed by atoms with E-state index in [0.717, 1.165) is 12.1 Å². The predicted molar refractivity (Wildman–Crippen MR) is 129 cm³/mol. The minimum Gasteiger partial charge on any atom is -0.352 e. The van der Waals surface area contributed by atoms with Gasteiger partial charge in [-0.05, 0) is 73.7 Å². The fourth-order valence-corrected chi connectivity index (χ4v) is 5.42. The lowest BCUT2D eigenvalue weighted by Gasteiger charge is -2.20. The van der Waals surface area contributed by atoms with Gasteiger partial charge in [-0.1, -0.05) is 18.7 Å². The van der Waals surface area contributed by atoms with Crippen LogP contribution in [0.3, 0.4) is 0 Å². The number of nitrogens with one attached hydrogen (secondary N) is 2. The van der Waals surface area contributed by atoms with Crippen LogP contribution >= 0.6 is 0 Å². The van der Waals surface area contributed by atoms with Gasteiger partial charge in [0.2, 0.25) is 15.9 Å². The van der Waals surface area contributed by atoms with Crippen molar-refractivity contribution in [2.24, 2.45) is 0 Å². The summed E-state index contributed by atoms with van der Waals surface area (Å²) in [5.41, 5.74) is 0.183. The summed E-state index contributed by atoms with van der Waals surface area (Å²) in [5.74, 6) is -0.703. The Bertz CT molecular complexity index is 1180. The Morgan fingerprint density at radius 2 is 1.69 bits per heavy atom. The van der Waals surface area contributed by atoms with E-state index in [9.17, 15) is 31.2 Å². The van der Waals surface area contributed by atoms with E-state index in [0.29, 0.717) is 37.8 Å². The van der Waals surface area contributed by atoms with Crippen molar-refractivity contribution in [2.75, 3.05) is 19.6 Å². The number of hydrogen-bond donors (Lipinski definition) is 2. The topological polar surface area (TPSA) is 95.6 Å². The molecule has 1 aliphatic heterocycles. The van der Waals surface area contributed by atoms with Gasteiger partial charge in [-0.3, -0.25) is 9.59 Å². The molecule has 1 atom stereocenters. The van der Waals surface area contributed by atoms with Gasteiger partial charge in [0.25, 0.3) is 5.91 Å². The number of carbonyl (C=O) groups is 2. The van der Waals surface area contributed by atoms with E-state index in [4.69, 9.17) is 0 Å². The number of halogens is 3. The lowest BCUT2D eigenvalue weighted by atomic mass is 10.1. The monoisotopic (exact) mass is 523 g/mol. The highest BCUT2D eigenvalue weighted by Gasteiger charge is 2.30. The van der Waals surface area contributed by atoms with Crippen LogP contribution in [0, 0.1) is 0 Å². The van der Waals surface area contributed by atoms with Gasteiger partial charge in [0, 0.05) is 31.2 Å². The molecule has 1 aliphatic rings. The molecule has 1 heterocycles. The number of rotatable bonds is 8. The van der Waals surface area contributed by atoms with E-state index < -0.39 is 27.7 Å². The van der Waals surface area contributed by atoms with Crippen molar-refractivity contribution >= 4 is 21.8 Å². The zero-order valence-corrected chi connectivity index (χ0v) is 20.4. The molecule has 1 saturated heterocycles. The number of amides is 2. The van der Waals surface area contributed by atoms with Crippen LogP contribution in [0.25, 0.3) is 0 Å². The van der Waals surface area contributed by atoms with Crippen LogP contribution in [0.4, 0.5) is 13.2 Å². The number of nitrogens with zero attached hydrogens (tertiary/aromatic N) is 1. The maximum Gasteiger partial charge on any atom is 0.416 e. The first-order valence-electron chi connectivity index (χ1n) is 11.5. The minimum absolute atomic E-state index is 0.0670. The van der Waals surface area contributed by atoms with E-state index in [1.165, 1.54) is 46.8 Å². The summed E-state index contributed by atoms with van der Waals surface area (Å²) < 4.78 is 65.5. The molecule has 7 nitrogen and oxygen atoms in total. The van der Waals surface area contributed by atoms with Gasteiger partial charge in [0.1, 0.15) is 0 Å². The Morgan fingerprint density at radius 1 is 1.03 bits per heavy atom. The van der Waals surface area contributed by atoms with Crippen LogP contribution in [-0.4, -0.2) is 50.2 Å². The molecule has 0 saturated carbocycles. The molecule has 0 aliphatic carbocycles. The van der Waals surface area contributed by atoms with E-state index in [1.807, 2.05) is 0 Å². The van der Waals surface area contributed by atoms with Crippen molar-refractivity contribution in [1.29, 1.82) is 0 Å². The third kappa shape index (κ3) is 7.17. The molecule has 36 heavy (non-hydrogen) atoms. The number of hydrogen-bond acceptors (Lipinski definition) is 4. The summed E-state index contributed by atoms with van der Waals surface area (Å²) in [6.45, 7) is 4.22. The molecule has 194 valence electrons. The van der Waals surface area contributed by atoms with Crippen molar-refractivity contribution < 1.29 is 31.2 Å². The fraction of sp³-hybridized carbons (Fsp3) is 0.360. The smallest absolute Gasteiger partial charge is 0.352 e. The Balaban J connectivity index is 1.54. The van der Waals surface area contributed by atoms with Crippen LogP contribution in [0.5, 0.6) is 0 Å². The highest BCUT2D eigenvalue weighted by atomic mass is 32.2. The number of carbonyl (C=O) groups excluding carboxylic acids is 2. The van der Waals surface area contributed by atoms with Crippen molar-refractivity contribution in [3.05, 3.63) is 77.9 Å². The Labute approximate surface area is 208 Å². The SMILES string of the molecule is C=CC(=O)NC1CCCN(S(=O)(=O)c2ccc(C(=O)NCCc3ccc(C(F)(F)F)cc3)cc2)CC1. The van der Waals surface area contributed by atoms with Gasteiger partial charge in [-0.2, -0.15) is 17.5 Å². The molecule has 2 aromatic carbocycles. The lowest BCUT2D eigenvalue weighted by Crippen LogP contribution is -2.36. The average Bonchev–Trinajstić information content (AvgIpc) is 3.10. The minimum atomic E-state index is -4.40. The summed E-state index contributed by atoms with van der Waals surface area (Å²) >= 11 is 0. The van der Waals surface area contributed by atoms with Gasteiger partial charge in [0.05, 0.1) is 10.5 Å². The van der Waals surface area contributed by atoms with Crippen LogP contribution in [0.15, 0.2) is 66.1 Å². The summed E-state index contributed by atoms with van der Waals surface area (Å²) in [5, 5.41) is 5.49. The van der Waals surface area contributed by atoms with Gasteiger partial charge < -0.3 is 10.6 Å². The molecule has 11 heteroatoms. The third-order valence-corrected chi connectivity index (χ3v) is 7.87. The quantitative estimate of drug-likeness (QED) is 0.518. The van der Waals surface area contributed by atoms with E-state index in [-0.39, 0.29) is 35.5 Å². The standard InChI is InChI=1S/C25H28F3N3O4S/c1-2-23(32)30-21-4-3-16-31(17-14-21)36(34,35)22-11-7-19(8-12-22)24(33)29-15-13-18-5-9-20(10-6-18)25(26,27)28/h2,5-12,21H,1,3-4,13-17H2,(H,29,33)(H,30,32). The predicted octanol–water partition coefficient (Wildman–Crippen LogP) is 3.52. The highest BCUT2D eigenvalue weighted by molar-refractivity contribution is 7.89. The largest absolute Gasteiger partial charge is 0.416 e. The Kier molecular flexibility index (Phi) is 8.91. The van der Waals surface area contributed by atoms with Crippen molar-refractivity contribution in [2.45, 2.75) is 42.8 Å². The first-order valence-corrected chi connectivity index (χ1v) is 12.9. The Hall–Kier alpha value is -3.18. The van der Waals surface area contributed by atoms with Gasteiger partial charge >= 0.3 is 6.18 Å². The highest BCUT2D eigenvalue weighted by Crippen LogP contribution is 2.29. The van der Waals surface area contributed by atoms with Crippen molar-refractivity contribution in [3.63, 3.8) is 0 Å². The first kappa shape index (κ1) is 27.4. The van der Waals surface area contributed by atoms with E-state index in [2.05, 4.69) is 17.2 Å². The molecule has 2 aromatic rings. The summed E-state index contributed by atoms with van der Waals surface area (Å²) in [7, 11) is -3.76. The lowest BCUT2D eigenvalue weighted by molar-refractivity contribution is -0.137. The van der Waals surface area contributed by atoms with Gasteiger partial charge in [-0.25, -0.2) is 8.42 Å². The summed E-state index contributed by atoms with van der Waals surface area (Å²) in [4.78, 5) is 24.0. The molecule has 0 spiro atoms. The number of benzene rings is 2. The fourth-order valence-electron chi connectivity index (χ4n) is 3.92. The molecule has 2 amide bonds. The zero-order valence-electron chi connectivity index (χ0n) is 19.6. The molecule has 1 unspecified atom stereocenters. The van der Waals surface area contributed by atoms with Crippen LogP contribution in [-0.2, 0) is 27.4 Å². The number of sulfonamides is 1. The van der Waals surface area contributed by atoms with E-state index >= 15 is 0 Å². The first-order chi connectivity index (χ1) is 17.0. The van der Waals surface area contributed by atoms with Crippen molar-refractivity contribution in [1.82, 2.24) is 14.9 Å². The van der Waals surface area contributed by atoms with E-state index in [1.54, 1.807) is 0 Å². The van der Waals surface area contributed by atoms with Crippen LogP contribution in [0.1, 0.15) is 40.7 Å². The van der Waals surface area contributed by atoms with Crippen LogP contribution < -0.4 is 10.6 Å². The molecule has 0 bridgehead atoms. The summed E-state index contributed by atoms with van der Waals surface area (Å²) in [6, 6.07) is 10.2. The molecule has 0 radical (unpaired) electrons. The van der Waals surface area contributed by atoms with Gasteiger partial charge in [0.15, 0.2) is 0 Å². The van der Waals surface area contributed by atoms with Crippen LogP contribution in [0.2, 0.25) is 0 Å². The normalized spacial score (nSPS) is 17.1. The second-order valence-electron chi connectivity index (χ2n) is 8.47. The second kappa shape index (κ2) is 11.7. The van der Waals surface area contributed by atoms with Gasteiger partial charge in [-0.15, -0.1) is 0 Å². The third-order valence-electron chi connectivity index (χ3n) is 5.95. The average molecular weight is 524 g/mol. The zero-order chi connectivity index (χ0) is 26.3. The molecule has 3 rings (SSSR count). The Morgan fingerprint density at radius 3 is 2.31 bits per heavy atom. The summed E-state index contributed by atoms with van der Waals surface area (Å²) in [6.07, 6.45) is -1.12. The molecule has 2 N–H and O–H groups in total.